The van der Waals surface area contributed by atoms with Crippen molar-refractivity contribution in [2.24, 2.45) is 11.8 Å². The highest BCUT2D eigenvalue weighted by molar-refractivity contribution is 7.98. The number of fused-ring (bicyclic) bond motifs is 1. The molecule has 1 amide bonds. The fourth-order valence-electron chi connectivity index (χ4n) is 4.00. The standard InChI is InChI=1S/C21H30N2O2S/c1-13(2)22-26-15(4)17-7-5-16(6-8-17)14(3)23-12-18-9-10-19(24)11-20(18)21(23)25/h9-11,13,15-17,22,24H,3,5-8,12H2,1-2,4H3. The van der Waals surface area contributed by atoms with Crippen molar-refractivity contribution in [2.45, 2.75) is 64.3 Å². The Labute approximate surface area is 161 Å². The van der Waals surface area contributed by atoms with Crippen LogP contribution in [0.25, 0.3) is 0 Å². The summed E-state index contributed by atoms with van der Waals surface area (Å²) in [7, 11) is 0. The summed E-state index contributed by atoms with van der Waals surface area (Å²) in [4.78, 5) is 14.5. The van der Waals surface area contributed by atoms with E-state index >= 15 is 0 Å². The maximum absolute atomic E-state index is 12.7. The number of nitrogens with one attached hydrogen (secondary N) is 1. The van der Waals surface area contributed by atoms with Crippen LogP contribution in [0.1, 0.15) is 62.4 Å². The van der Waals surface area contributed by atoms with Crippen LogP contribution in [-0.2, 0) is 6.54 Å². The summed E-state index contributed by atoms with van der Waals surface area (Å²) in [5.74, 6) is 1.23. The van der Waals surface area contributed by atoms with E-state index in [1.165, 1.54) is 12.8 Å². The van der Waals surface area contributed by atoms with Gasteiger partial charge in [0, 0.05) is 22.6 Å². The Balaban J connectivity index is 1.55. The predicted octanol–water partition coefficient (Wildman–Crippen LogP) is 4.70. The number of hydrogen-bond acceptors (Lipinski definition) is 4. The molecule has 0 radical (unpaired) electrons. The molecule has 1 unspecified atom stereocenters. The van der Waals surface area contributed by atoms with Crippen LogP contribution >= 0.6 is 11.9 Å². The Bertz CT molecular complexity index is 681. The number of nitrogens with zero attached hydrogens (tertiary/aromatic N) is 1. The highest BCUT2D eigenvalue weighted by atomic mass is 32.2. The van der Waals surface area contributed by atoms with Crippen LogP contribution < -0.4 is 4.72 Å². The molecule has 1 heterocycles. The monoisotopic (exact) mass is 374 g/mol. The molecule has 0 spiro atoms. The number of allylic oxidation sites excluding steroid dienone is 1. The number of carbonyl (C=O) groups is 1. The molecule has 1 aliphatic carbocycles. The van der Waals surface area contributed by atoms with E-state index in [-0.39, 0.29) is 11.7 Å². The second-order valence-corrected chi connectivity index (χ2v) is 9.15. The lowest BCUT2D eigenvalue weighted by atomic mass is 9.79. The van der Waals surface area contributed by atoms with Gasteiger partial charge in [-0.3, -0.25) is 9.52 Å². The molecule has 1 atom stereocenters. The molecule has 0 saturated heterocycles. The number of benzene rings is 1. The van der Waals surface area contributed by atoms with E-state index in [0.717, 1.165) is 30.0 Å². The second kappa shape index (κ2) is 8.05. The zero-order chi connectivity index (χ0) is 18.8. The van der Waals surface area contributed by atoms with Gasteiger partial charge in [-0.05, 0) is 69.1 Å². The largest absolute Gasteiger partial charge is 0.508 e. The Morgan fingerprint density at radius 2 is 1.96 bits per heavy atom. The average Bonchev–Trinajstić information content (AvgIpc) is 2.95. The van der Waals surface area contributed by atoms with E-state index < -0.39 is 0 Å². The molecule has 0 bridgehead atoms. The smallest absolute Gasteiger partial charge is 0.258 e. The van der Waals surface area contributed by atoms with Gasteiger partial charge in [-0.2, -0.15) is 0 Å². The second-order valence-electron chi connectivity index (χ2n) is 7.93. The molecule has 1 aromatic carbocycles. The van der Waals surface area contributed by atoms with Crippen LogP contribution in [-0.4, -0.2) is 27.2 Å². The van der Waals surface area contributed by atoms with Crippen molar-refractivity contribution in [1.29, 1.82) is 0 Å². The summed E-state index contributed by atoms with van der Waals surface area (Å²) >= 11 is 1.86. The predicted molar refractivity (Wildman–Crippen MR) is 108 cm³/mol. The van der Waals surface area contributed by atoms with E-state index in [2.05, 4.69) is 32.1 Å². The first-order chi connectivity index (χ1) is 12.4. The van der Waals surface area contributed by atoms with E-state index in [1.54, 1.807) is 12.1 Å². The molecule has 1 aliphatic heterocycles. The van der Waals surface area contributed by atoms with Gasteiger partial charge in [-0.15, -0.1) is 0 Å². The summed E-state index contributed by atoms with van der Waals surface area (Å²) in [5.41, 5.74) is 2.54. The fourth-order valence-corrected chi connectivity index (χ4v) is 4.95. The third-order valence-electron chi connectivity index (χ3n) is 5.64. The molecule has 2 aliphatic rings. The summed E-state index contributed by atoms with van der Waals surface area (Å²) in [6.07, 6.45) is 4.57. The number of hydrogen-bond donors (Lipinski definition) is 2. The van der Waals surface area contributed by atoms with Gasteiger partial charge in [-0.1, -0.05) is 31.5 Å². The van der Waals surface area contributed by atoms with E-state index in [1.807, 2.05) is 22.9 Å². The Morgan fingerprint density at radius 3 is 2.62 bits per heavy atom. The Hall–Kier alpha value is -1.46. The average molecular weight is 375 g/mol. The van der Waals surface area contributed by atoms with Gasteiger partial charge in [0.05, 0.1) is 6.54 Å². The van der Waals surface area contributed by atoms with Crippen molar-refractivity contribution in [1.82, 2.24) is 9.62 Å². The van der Waals surface area contributed by atoms with Crippen molar-refractivity contribution in [3.8, 4) is 5.75 Å². The summed E-state index contributed by atoms with van der Waals surface area (Å²) in [6, 6.07) is 5.56. The number of aromatic hydroxyl groups is 1. The molecule has 1 fully saturated rings. The summed E-state index contributed by atoms with van der Waals surface area (Å²) < 4.78 is 3.47. The minimum atomic E-state index is -0.0203. The molecule has 3 rings (SSSR count). The van der Waals surface area contributed by atoms with Gasteiger partial charge in [0.2, 0.25) is 0 Å². The van der Waals surface area contributed by atoms with Crippen LogP contribution in [0.5, 0.6) is 5.75 Å². The van der Waals surface area contributed by atoms with Gasteiger partial charge in [0.25, 0.3) is 5.91 Å². The quantitative estimate of drug-likeness (QED) is 0.709. The Kier molecular flexibility index (Phi) is 5.98. The van der Waals surface area contributed by atoms with Gasteiger partial charge in [0.15, 0.2) is 0 Å². The van der Waals surface area contributed by atoms with Crippen LogP contribution in [0.15, 0.2) is 30.5 Å². The van der Waals surface area contributed by atoms with Crippen molar-refractivity contribution in [3.63, 3.8) is 0 Å². The number of phenols is 1. The summed E-state index contributed by atoms with van der Waals surface area (Å²) in [5, 5.41) is 10.3. The van der Waals surface area contributed by atoms with Crippen LogP contribution in [0.4, 0.5) is 0 Å². The highest BCUT2D eigenvalue weighted by Gasteiger charge is 2.34. The van der Waals surface area contributed by atoms with Gasteiger partial charge in [-0.25, -0.2) is 0 Å². The number of carbonyl (C=O) groups excluding carboxylic acids is 1. The molecular weight excluding hydrogens is 344 g/mol. The zero-order valence-electron chi connectivity index (χ0n) is 16.0. The normalized spacial score (nSPS) is 24.0. The van der Waals surface area contributed by atoms with E-state index in [4.69, 9.17) is 0 Å². The first-order valence-electron chi connectivity index (χ1n) is 9.60. The van der Waals surface area contributed by atoms with Crippen LogP contribution in [0, 0.1) is 11.8 Å². The molecular formula is C21H30N2O2S. The van der Waals surface area contributed by atoms with Crippen molar-refractivity contribution >= 4 is 17.9 Å². The van der Waals surface area contributed by atoms with Gasteiger partial charge in [0.1, 0.15) is 5.75 Å². The topological polar surface area (TPSA) is 52.6 Å². The van der Waals surface area contributed by atoms with Crippen LogP contribution in [0.3, 0.4) is 0 Å². The summed E-state index contributed by atoms with van der Waals surface area (Å²) in [6.45, 7) is 11.5. The molecule has 5 heteroatoms. The highest BCUT2D eigenvalue weighted by Crippen LogP contribution is 2.40. The lowest BCUT2D eigenvalue weighted by molar-refractivity contribution is 0.0801. The van der Waals surface area contributed by atoms with Gasteiger partial charge >= 0.3 is 0 Å². The molecule has 4 nitrogen and oxygen atoms in total. The SMILES string of the molecule is C=C(C1CCC(C(C)SNC(C)C)CC1)N1Cc2ccc(O)cc2C1=O. The number of amides is 1. The molecule has 142 valence electrons. The van der Waals surface area contributed by atoms with Crippen molar-refractivity contribution < 1.29 is 9.90 Å². The van der Waals surface area contributed by atoms with Crippen molar-refractivity contribution in [2.75, 3.05) is 0 Å². The third-order valence-corrected chi connectivity index (χ3v) is 7.00. The lowest BCUT2D eigenvalue weighted by Crippen LogP contribution is -2.31. The third kappa shape index (κ3) is 4.09. The minimum absolute atomic E-state index is 0.0203. The molecule has 1 saturated carbocycles. The zero-order valence-corrected chi connectivity index (χ0v) is 16.8. The molecule has 26 heavy (non-hydrogen) atoms. The maximum atomic E-state index is 12.7. The first-order valence-corrected chi connectivity index (χ1v) is 10.5. The van der Waals surface area contributed by atoms with E-state index in [0.29, 0.717) is 29.3 Å². The molecule has 1 aromatic rings. The lowest BCUT2D eigenvalue weighted by Gasteiger charge is -2.35. The maximum Gasteiger partial charge on any atom is 0.258 e. The Morgan fingerprint density at radius 1 is 1.27 bits per heavy atom. The molecule has 0 aromatic heterocycles. The number of phenolic OH excluding ortho intramolecular Hbond substituents is 1. The number of rotatable bonds is 6. The minimum Gasteiger partial charge on any atom is -0.508 e. The fraction of sp³-hybridized carbons (Fsp3) is 0.571. The van der Waals surface area contributed by atoms with Gasteiger partial charge < -0.3 is 10.0 Å². The van der Waals surface area contributed by atoms with Crippen LogP contribution in [0.2, 0.25) is 0 Å². The van der Waals surface area contributed by atoms with E-state index in [9.17, 15) is 9.90 Å². The van der Waals surface area contributed by atoms with Crippen molar-refractivity contribution in [3.05, 3.63) is 41.6 Å². The first kappa shape index (κ1) is 19.3. The molecule has 2 N–H and O–H groups in total.